The van der Waals surface area contributed by atoms with Gasteiger partial charge in [-0.05, 0) is 25.0 Å². The fourth-order valence-corrected chi connectivity index (χ4v) is 1.38. The molecule has 0 heterocycles. The largest absolute Gasteiger partial charge is 0.324 e. The summed E-state index contributed by atoms with van der Waals surface area (Å²) in [6.07, 6.45) is 1.61. The molecule has 5 heteroatoms. The zero-order valence-corrected chi connectivity index (χ0v) is 9.36. The van der Waals surface area contributed by atoms with Gasteiger partial charge in [0, 0.05) is 12.3 Å². The van der Waals surface area contributed by atoms with Crippen LogP contribution in [0.25, 0.3) is 0 Å². The lowest BCUT2D eigenvalue weighted by Gasteiger charge is -2.06. The summed E-state index contributed by atoms with van der Waals surface area (Å²) in [6, 6.07) is 3.66. The van der Waals surface area contributed by atoms with E-state index in [0.717, 1.165) is 12.5 Å². The molecule has 88 valence electrons. The van der Waals surface area contributed by atoms with Crippen LogP contribution in [-0.4, -0.2) is 11.8 Å². The molecular weight excluding hydrogens is 236 g/mol. The van der Waals surface area contributed by atoms with Gasteiger partial charge in [0.2, 0.25) is 5.91 Å². The monoisotopic (exact) mass is 247 g/mol. The predicted molar refractivity (Wildman–Crippen MR) is 59.6 cm³/mol. The zero-order chi connectivity index (χ0) is 12.0. The van der Waals surface area contributed by atoms with Gasteiger partial charge in [-0.15, -0.1) is 11.6 Å². The standard InChI is InChI=1S/C11H12ClF2NO/c12-7-2-1-6-10(16)15-9-5-3-4-8(13)11(9)14/h3-5H,1-2,6-7H2,(H,15,16). The number of nitrogens with one attached hydrogen (secondary N) is 1. The van der Waals surface area contributed by atoms with Crippen LogP contribution in [0.2, 0.25) is 0 Å². The maximum atomic E-state index is 13.1. The number of hydrogen-bond acceptors (Lipinski definition) is 1. The summed E-state index contributed by atoms with van der Waals surface area (Å²) in [7, 11) is 0. The number of amides is 1. The topological polar surface area (TPSA) is 29.1 Å². The molecule has 1 aromatic carbocycles. The second-order valence-electron chi connectivity index (χ2n) is 3.30. The minimum atomic E-state index is -1.03. The van der Waals surface area contributed by atoms with Gasteiger partial charge in [0.15, 0.2) is 11.6 Å². The van der Waals surface area contributed by atoms with Crippen molar-refractivity contribution < 1.29 is 13.6 Å². The van der Waals surface area contributed by atoms with Crippen molar-refractivity contribution in [2.45, 2.75) is 19.3 Å². The molecule has 1 N–H and O–H groups in total. The van der Waals surface area contributed by atoms with Gasteiger partial charge in [-0.2, -0.15) is 0 Å². The number of rotatable bonds is 5. The van der Waals surface area contributed by atoms with Crippen molar-refractivity contribution in [2.24, 2.45) is 0 Å². The molecule has 0 radical (unpaired) electrons. The van der Waals surface area contributed by atoms with Crippen molar-refractivity contribution in [1.82, 2.24) is 0 Å². The molecule has 0 bridgehead atoms. The molecule has 0 aliphatic rings. The summed E-state index contributed by atoms with van der Waals surface area (Å²) >= 11 is 5.45. The highest BCUT2D eigenvalue weighted by molar-refractivity contribution is 6.17. The first-order valence-electron chi connectivity index (χ1n) is 4.95. The van der Waals surface area contributed by atoms with Crippen LogP contribution >= 0.6 is 11.6 Å². The van der Waals surface area contributed by atoms with Crippen LogP contribution in [0, 0.1) is 11.6 Å². The quantitative estimate of drug-likeness (QED) is 0.628. The molecule has 1 aromatic rings. The van der Waals surface area contributed by atoms with E-state index in [0.29, 0.717) is 12.3 Å². The van der Waals surface area contributed by atoms with E-state index in [1.165, 1.54) is 12.1 Å². The molecule has 0 saturated carbocycles. The van der Waals surface area contributed by atoms with E-state index in [-0.39, 0.29) is 18.0 Å². The summed E-state index contributed by atoms with van der Waals surface area (Å²) in [5.74, 6) is -1.86. The number of carbonyl (C=O) groups is 1. The van der Waals surface area contributed by atoms with E-state index in [1.807, 2.05) is 0 Å². The van der Waals surface area contributed by atoms with Crippen LogP contribution in [0.3, 0.4) is 0 Å². The minimum absolute atomic E-state index is 0.129. The van der Waals surface area contributed by atoms with Crippen LogP contribution in [0.1, 0.15) is 19.3 Å². The van der Waals surface area contributed by atoms with Crippen molar-refractivity contribution in [3.8, 4) is 0 Å². The van der Waals surface area contributed by atoms with E-state index in [2.05, 4.69) is 5.32 Å². The Hall–Kier alpha value is -1.16. The third-order valence-electron chi connectivity index (χ3n) is 2.01. The highest BCUT2D eigenvalue weighted by Crippen LogP contribution is 2.16. The Bertz CT molecular complexity index is 371. The fraction of sp³-hybridized carbons (Fsp3) is 0.364. The van der Waals surface area contributed by atoms with E-state index < -0.39 is 11.6 Å². The van der Waals surface area contributed by atoms with Gasteiger partial charge in [0.05, 0.1) is 5.69 Å². The third kappa shape index (κ3) is 3.77. The average Bonchev–Trinajstić information content (AvgIpc) is 2.25. The van der Waals surface area contributed by atoms with Crippen molar-refractivity contribution in [1.29, 1.82) is 0 Å². The molecule has 0 aromatic heterocycles. The van der Waals surface area contributed by atoms with Gasteiger partial charge in [-0.25, -0.2) is 8.78 Å². The lowest BCUT2D eigenvalue weighted by atomic mass is 10.2. The molecule has 16 heavy (non-hydrogen) atoms. The molecule has 0 aliphatic carbocycles. The number of carbonyl (C=O) groups excluding carboxylic acids is 1. The maximum Gasteiger partial charge on any atom is 0.224 e. The Labute approximate surface area is 97.6 Å². The number of benzene rings is 1. The Kier molecular flexibility index (Phi) is 5.19. The molecule has 1 rings (SSSR count). The van der Waals surface area contributed by atoms with Crippen molar-refractivity contribution in [3.63, 3.8) is 0 Å². The van der Waals surface area contributed by atoms with Gasteiger partial charge in [-0.3, -0.25) is 4.79 Å². The molecule has 2 nitrogen and oxygen atoms in total. The molecule has 0 spiro atoms. The first kappa shape index (κ1) is 12.9. The Morgan fingerprint density at radius 3 is 2.75 bits per heavy atom. The number of alkyl halides is 1. The molecule has 0 unspecified atom stereocenters. The van der Waals surface area contributed by atoms with Gasteiger partial charge >= 0.3 is 0 Å². The second kappa shape index (κ2) is 6.43. The first-order chi connectivity index (χ1) is 7.65. The van der Waals surface area contributed by atoms with Gasteiger partial charge in [0.25, 0.3) is 0 Å². The first-order valence-corrected chi connectivity index (χ1v) is 5.48. The Morgan fingerprint density at radius 1 is 1.31 bits per heavy atom. The maximum absolute atomic E-state index is 13.1. The molecular formula is C11H12ClF2NO. The van der Waals surface area contributed by atoms with Crippen LogP contribution in [0.15, 0.2) is 18.2 Å². The van der Waals surface area contributed by atoms with Crippen LogP contribution in [0.5, 0.6) is 0 Å². The molecule has 1 amide bonds. The van der Waals surface area contributed by atoms with Crippen molar-refractivity contribution in [3.05, 3.63) is 29.8 Å². The van der Waals surface area contributed by atoms with Gasteiger partial charge in [-0.1, -0.05) is 6.07 Å². The SMILES string of the molecule is O=C(CCCCCl)Nc1cccc(F)c1F. The van der Waals surface area contributed by atoms with Crippen LogP contribution in [-0.2, 0) is 4.79 Å². The normalized spacial score (nSPS) is 10.2. The summed E-state index contributed by atoms with van der Waals surface area (Å²) in [4.78, 5) is 11.3. The third-order valence-corrected chi connectivity index (χ3v) is 2.28. The smallest absolute Gasteiger partial charge is 0.224 e. The molecule has 0 aliphatic heterocycles. The van der Waals surface area contributed by atoms with E-state index in [4.69, 9.17) is 11.6 Å². The summed E-state index contributed by atoms with van der Waals surface area (Å²) in [5, 5.41) is 2.31. The Morgan fingerprint density at radius 2 is 2.06 bits per heavy atom. The van der Waals surface area contributed by atoms with Crippen molar-refractivity contribution in [2.75, 3.05) is 11.2 Å². The summed E-state index contributed by atoms with van der Waals surface area (Å²) < 4.78 is 25.9. The van der Waals surface area contributed by atoms with Gasteiger partial charge in [0.1, 0.15) is 0 Å². The van der Waals surface area contributed by atoms with Crippen LogP contribution < -0.4 is 5.32 Å². The predicted octanol–water partition coefficient (Wildman–Crippen LogP) is 3.31. The average molecular weight is 248 g/mol. The summed E-state index contributed by atoms with van der Waals surface area (Å²) in [5.41, 5.74) is -0.129. The lowest BCUT2D eigenvalue weighted by Crippen LogP contribution is -2.12. The van der Waals surface area contributed by atoms with E-state index in [9.17, 15) is 13.6 Å². The number of hydrogen-bond donors (Lipinski definition) is 1. The highest BCUT2D eigenvalue weighted by Gasteiger charge is 2.09. The molecule has 0 atom stereocenters. The molecule has 0 fully saturated rings. The second-order valence-corrected chi connectivity index (χ2v) is 3.67. The van der Waals surface area contributed by atoms with Gasteiger partial charge < -0.3 is 5.32 Å². The number of halogens is 3. The zero-order valence-electron chi connectivity index (χ0n) is 8.60. The Balaban J connectivity index is 2.53. The van der Waals surface area contributed by atoms with E-state index >= 15 is 0 Å². The lowest BCUT2D eigenvalue weighted by molar-refractivity contribution is -0.116. The molecule has 0 saturated heterocycles. The van der Waals surface area contributed by atoms with Crippen LogP contribution in [0.4, 0.5) is 14.5 Å². The summed E-state index contributed by atoms with van der Waals surface area (Å²) in [6.45, 7) is 0. The van der Waals surface area contributed by atoms with Crippen molar-refractivity contribution >= 4 is 23.2 Å². The highest BCUT2D eigenvalue weighted by atomic mass is 35.5. The minimum Gasteiger partial charge on any atom is -0.324 e. The van der Waals surface area contributed by atoms with E-state index in [1.54, 1.807) is 0 Å². The number of anilines is 1. The number of unbranched alkanes of at least 4 members (excludes halogenated alkanes) is 1. The fourth-order valence-electron chi connectivity index (χ4n) is 1.19.